The van der Waals surface area contributed by atoms with Gasteiger partial charge in [-0.25, -0.2) is 0 Å². The molecule has 0 aliphatic carbocycles. The maximum Gasteiger partial charge on any atom is 0.300 e. The number of hydrogen-bond donors (Lipinski definition) is 1. The van der Waals surface area contributed by atoms with Crippen molar-refractivity contribution in [3.63, 3.8) is 0 Å². The van der Waals surface area contributed by atoms with Gasteiger partial charge in [0, 0.05) is 11.3 Å². The topological polar surface area (TPSA) is 85.3 Å². The number of rotatable bonds is 9. The van der Waals surface area contributed by atoms with E-state index in [4.69, 9.17) is 14.2 Å². The molecular weight excluding hydrogens is 470 g/mol. The Balaban J connectivity index is 1.80. The van der Waals surface area contributed by atoms with Gasteiger partial charge in [0.15, 0.2) is 0 Å². The number of aliphatic hydroxyl groups is 1. The zero-order valence-electron chi connectivity index (χ0n) is 21.4. The summed E-state index contributed by atoms with van der Waals surface area (Å²) in [6.45, 7) is 6.45. The van der Waals surface area contributed by atoms with Gasteiger partial charge in [0.2, 0.25) is 0 Å². The molecule has 0 radical (unpaired) electrons. The molecule has 1 heterocycles. The average Bonchev–Trinajstić information content (AvgIpc) is 3.17. The standard InChI is InChI=1S/C30H31NO6/c1-5-18-36-24-14-8-21(9-15-24)28(32)26-27(20-6-12-23(35-4)13-7-20)31(30(34)29(26)33)22-10-16-25(17-11-22)37-19(2)3/h6-17,19,27,32H,5,18H2,1-4H3/b28-26+. The van der Waals surface area contributed by atoms with Crippen LogP contribution < -0.4 is 19.1 Å². The summed E-state index contributed by atoms with van der Waals surface area (Å²) in [5.74, 6) is 0.230. The summed E-state index contributed by atoms with van der Waals surface area (Å²) in [6, 6.07) is 20.1. The lowest BCUT2D eigenvalue weighted by Gasteiger charge is -2.26. The first kappa shape index (κ1) is 25.8. The summed E-state index contributed by atoms with van der Waals surface area (Å²) >= 11 is 0. The van der Waals surface area contributed by atoms with E-state index >= 15 is 0 Å². The summed E-state index contributed by atoms with van der Waals surface area (Å²) in [5, 5.41) is 11.3. The fourth-order valence-corrected chi connectivity index (χ4v) is 4.24. The molecule has 192 valence electrons. The van der Waals surface area contributed by atoms with Crippen molar-refractivity contribution in [3.05, 3.63) is 89.5 Å². The number of ketones is 1. The van der Waals surface area contributed by atoms with E-state index in [-0.39, 0.29) is 17.4 Å². The van der Waals surface area contributed by atoms with Crippen LogP contribution in [0.3, 0.4) is 0 Å². The summed E-state index contributed by atoms with van der Waals surface area (Å²) in [5.41, 5.74) is 1.61. The third-order valence-electron chi connectivity index (χ3n) is 5.96. The van der Waals surface area contributed by atoms with Crippen LogP contribution in [0.5, 0.6) is 17.2 Å². The first-order chi connectivity index (χ1) is 17.8. The van der Waals surface area contributed by atoms with E-state index < -0.39 is 17.7 Å². The van der Waals surface area contributed by atoms with E-state index in [0.717, 1.165) is 6.42 Å². The average molecular weight is 502 g/mol. The van der Waals surface area contributed by atoms with Crippen LogP contribution in [-0.2, 0) is 9.59 Å². The molecule has 1 aliphatic heterocycles. The van der Waals surface area contributed by atoms with Crippen LogP contribution in [0.2, 0.25) is 0 Å². The van der Waals surface area contributed by atoms with E-state index in [0.29, 0.717) is 40.7 Å². The molecule has 1 atom stereocenters. The predicted octanol–water partition coefficient (Wildman–Crippen LogP) is 5.90. The summed E-state index contributed by atoms with van der Waals surface area (Å²) in [7, 11) is 1.57. The van der Waals surface area contributed by atoms with Gasteiger partial charge in [0.25, 0.3) is 11.7 Å². The molecule has 1 aliphatic rings. The van der Waals surface area contributed by atoms with Crippen molar-refractivity contribution < 1.29 is 28.9 Å². The third-order valence-corrected chi connectivity index (χ3v) is 5.96. The van der Waals surface area contributed by atoms with Crippen LogP contribution in [0.1, 0.15) is 44.4 Å². The van der Waals surface area contributed by atoms with Crippen molar-refractivity contribution in [2.45, 2.75) is 39.3 Å². The van der Waals surface area contributed by atoms with Gasteiger partial charge in [-0.1, -0.05) is 19.1 Å². The molecule has 7 heteroatoms. The maximum absolute atomic E-state index is 13.3. The molecule has 37 heavy (non-hydrogen) atoms. The highest BCUT2D eigenvalue weighted by molar-refractivity contribution is 6.51. The highest BCUT2D eigenvalue weighted by atomic mass is 16.5. The van der Waals surface area contributed by atoms with Crippen LogP contribution in [0.15, 0.2) is 78.4 Å². The van der Waals surface area contributed by atoms with Crippen molar-refractivity contribution in [1.82, 2.24) is 0 Å². The van der Waals surface area contributed by atoms with Crippen molar-refractivity contribution in [2.75, 3.05) is 18.6 Å². The van der Waals surface area contributed by atoms with Crippen LogP contribution >= 0.6 is 0 Å². The lowest BCUT2D eigenvalue weighted by Crippen LogP contribution is -2.29. The highest BCUT2D eigenvalue weighted by Crippen LogP contribution is 2.43. The van der Waals surface area contributed by atoms with Crippen LogP contribution in [0.4, 0.5) is 5.69 Å². The zero-order chi connectivity index (χ0) is 26.5. The van der Waals surface area contributed by atoms with E-state index in [1.165, 1.54) is 4.90 Å². The largest absolute Gasteiger partial charge is 0.507 e. The molecule has 0 aromatic heterocycles. The number of carbonyl (C=O) groups is 2. The van der Waals surface area contributed by atoms with Gasteiger partial charge in [-0.15, -0.1) is 0 Å². The number of carbonyl (C=O) groups excluding carboxylic acids is 2. The monoisotopic (exact) mass is 501 g/mol. The van der Waals surface area contributed by atoms with Gasteiger partial charge < -0.3 is 19.3 Å². The van der Waals surface area contributed by atoms with Crippen molar-refractivity contribution in [2.24, 2.45) is 0 Å². The SMILES string of the molecule is CCCOc1ccc(/C(O)=C2\C(=O)C(=O)N(c3ccc(OC(C)C)cc3)C2c2ccc(OC)cc2)cc1. The van der Waals surface area contributed by atoms with E-state index in [1.54, 1.807) is 79.9 Å². The van der Waals surface area contributed by atoms with Crippen molar-refractivity contribution in [3.8, 4) is 17.2 Å². The molecule has 1 N–H and O–H groups in total. The minimum Gasteiger partial charge on any atom is -0.507 e. The molecule has 3 aromatic carbocycles. The fraction of sp³-hybridized carbons (Fsp3) is 0.267. The Morgan fingerprint density at radius 1 is 0.892 bits per heavy atom. The second-order valence-corrected chi connectivity index (χ2v) is 8.98. The second kappa shape index (κ2) is 11.2. The Labute approximate surface area is 216 Å². The Hall–Kier alpha value is -4.26. The van der Waals surface area contributed by atoms with E-state index in [9.17, 15) is 14.7 Å². The first-order valence-corrected chi connectivity index (χ1v) is 12.3. The molecule has 1 saturated heterocycles. The smallest absolute Gasteiger partial charge is 0.300 e. The number of anilines is 1. The number of benzene rings is 3. The van der Waals surface area contributed by atoms with Gasteiger partial charge >= 0.3 is 0 Å². The summed E-state index contributed by atoms with van der Waals surface area (Å²) in [6.07, 6.45) is 0.871. The van der Waals surface area contributed by atoms with Crippen molar-refractivity contribution in [1.29, 1.82) is 0 Å². The molecule has 0 spiro atoms. The molecule has 1 amide bonds. The Bertz CT molecular complexity index is 1280. The molecule has 0 bridgehead atoms. The number of ether oxygens (including phenoxy) is 3. The normalized spacial score (nSPS) is 16.8. The van der Waals surface area contributed by atoms with Crippen LogP contribution in [0, 0.1) is 0 Å². The fourth-order valence-electron chi connectivity index (χ4n) is 4.24. The lowest BCUT2D eigenvalue weighted by atomic mass is 9.95. The molecule has 0 saturated carbocycles. The van der Waals surface area contributed by atoms with Crippen molar-refractivity contribution >= 4 is 23.1 Å². The molecule has 3 aromatic rings. The van der Waals surface area contributed by atoms with Gasteiger partial charge in [-0.05, 0) is 86.5 Å². The van der Waals surface area contributed by atoms with Crippen LogP contribution in [-0.4, -0.2) is 36.6 Å². The zero-order valence-corrected chi connectivity index (χ0v) is 21.4. The molecule has 4 rings (SSSR count). The lowest BCUT2D eigenvalue weighted by molar-refractivity contribution is -0.132. The molecule has 1 fully saturated rings. The quantitative estimate of drug-likeness (QED) is 0.223. The van der Waals surface area contributed by atoms with Gasteiger partial charge in [0.05, 0.1) is 31.4 Å². The highest BCUT2D eigenvalue weighted by Gasteiger charge is 2.47. The van der Waals surface area contributed by atoms with Gasteiger partial charge in [0.1, 0.15) is 23.0 Å². The van der Waals surface area contributed by atoms with Gasteiger partial charge in [-0.2, -0.15) is 0 Å². The predicted molar refractivity (Wildman–Crippen MR) is 142 cm³/mol. The number of hydrogen-bond acceptors (Lipinski definition) is 6. The van der Waals surface area contributed by atoms with Gasteiger partial charge in [-0.3, -0.25) is 14.5 Å². The number of amides is 1. The number of Topliss-reactive ketones (excluding diaryl/α,β-unsaturated/α-hetero) is 1. The Kier molecular flexibility index (Phi) is 7.82. The molecule has 7 nitrogen and oxygen atoms in total. The molecule has 1 unspecified atom stereocenters. The van der Waals surface area contributed by atoms with Crippen LogP contribution in [0.25, 0.3) is 5.76 Å². The number of nitrogens with zero attached hydrogens (tertiary/aromatic N) is 1. The minimum absolute atomic E-state index is 0.00172. The third kappa shape index (κ3) is 5.45. The first-order valence-electron chi connectivity index (χ1n) is 12.3. The second-order valence-electron chi connectivity index (χ2n) is 8.98. The Morgan fingerprint density at radius 3 is 2.05 bits per heavy atom. The van der Waals surface area contributed by atoms with E-state index in [1.807, 2.05) is 20.8 Å². The van der Waals surface area contributed by atoms with E-state index in [2.05, 4.69) is 0 Å². The minimum atomic E-state index is -0.834. The Morgan fingerprint density at radius 2 is 1.49 bits per heavy atom. The summed E-state index contributed by atoms with van der Waals surface area (Å²) < 4.78 is 16.6. The number of methoxy groups -OCH3 is 1. The summed E-state index contributed by atoms with van der Waals surface area (Å²) in [4.78, 5) is 28.1. The molecular formula is C30H31NO6. The number of aliphatic hydroxyl groups excluding tert-OH is 1. The maximum atomic E-state index is 13.3.